The maximum Gasteiger partial charge on any atom is 0.338 e. The zero-order valence-corrected chi connectivity index (χ0v) is 15.2. The third kappa shape index (κ3) is 3.64. The molecule has 0 saturated heterocycles. The minimum atomic E-state index is -1.07. The number of imidazole rings is 1. The van der Waals surface area contributed by atoms with E-state index in [1.165, 1.54) is 22.8 Å². The number of aliphatic hydroxyl groups is 1. The van der Waals surface area contributed by atoms with Gasteiger partial charge < -0.3 is 9.84 Å². The van der Waals surface area contributed by atoms with Crippen molar-refractivity contribution < 1.29 is 19.0 Å². The molecule has 0 aliphatic rings. The van der Waals surface area contributed by atoms with Crippen LogP contribution in [0.15, 0.2) is 47.3 Å². The van der Waals surface area contributed by atoms with Crippen LogP contribution in [0.1, 0.15) is 35.9 Å². The van der Waals surface area contributed by atoms with E-state index in [0.29, 0.717) is 28.7 Å². The van der Waals surface area contributed by atoms with Crippen molar-refractivity contribution in [1.82, 2.24) is 9.13 Å². The fourth-order valence-corrected chi connectivity index (χ4v) is 3.14. The van der Waals surface area contributed by atoms with Crippen molar-refractivity contribution in [1.29, 1.82) is 0 Å². The van der Waals surface area contributed by atoms with Crippen molar-refractivity contribution in [2.75, 3.05) is 6.61 Å². The Hall–Kier alpha value is -2.93. The Morgan fingerprint density at radius 3 is 2.59 bits per heavy atom. The summed E-state index contributed by atoms with van der Waals surface area (Å²) < 4.78 is 21.4. The second-order valence-corrected chi connectivity index (χ2v) is 6.13. The van der Waals surface area contributed by atoms with Gasteiger partial charge in [0.15, 0.2) is 0 Å². The lowest BCUT2D eigenvalue weighted by Crippen LogP contribution is -2.26. The quantitative estimate of drug-likeness (QED) is 0.676. The van der Waals surface area contributed by atoms with Crippen molar-refractivity contribution >= 4 is 17.0 Å². The molecule has 0 fully saturated rings. The number of aryl methyl sites for hydroxylation is 1. The number of ether oxygens (including phenoxy) is 1. The van der Waals surface area contributed by atoms with E-state index in [2.05, 4.69) is 0 Å². The minimum Gasteiger partial charge on any atom is -0.462 e. The lowest BCUT2D eigenvalue weighted by Gasteiger charge is -2.12. The third-order valence-corrected chi connectivity index (χ3v) is 4.44. The van der Waals surface area contributed by atoms with Gasteiger partial charge >= 0.3 is 11.7 Å². The molecule has 2 aromatic carbocycles. The van der Waals surface area contributed by atoms with Crippen LogP contribution in [0, 0.1) is 5.82 Å². The number of benzene rings is 2. The summed E-state index contributed by atoms with van der Waals surface area (Å²) in [6, 6.07) is 10.5. The molecule has 1 N–H and O–H groups in total. The topological polar surface area (TPSA) is 73.5 Å². The van der Waals surface area contributed by atoms with Crippen molar-refractivity contribution in [2.45, 2.75) is 33.0 Å². The van der Waals surface area contributed by atoms with Gasteiger partial charge in [-0.1, -0.05) is 12.1 Å². The highest BCUT2D eigenvalue weighted by Crippen LogP contribution is 2.21. The highest BCUT2D eigenvalue weighted by atomic mass is 19.1. The smallest absolute Gasteiger partial charge is 0.338 e. The molecule has 0 radical (unpaired) electrons. The van der Waals surface area contributed by atoms with Gasteiger partial charge in [-0.25, -0.2) is 14.0 Å². The first kappa shape index (κ1) is 18.8. The summed E-state index contributed by atoms with van der Waals surface area (Å²) in [7, 11) is 0. The van der Waals surface area contributed by atoms with E-state index in [-0.39, 0.29) is 18.8 Å². The van der Waals surface area contributed by atoms with E-state index in [4.69, 9.17) is 4.74 Å². The molecule has 0 spiro atoms. The molecule has 1 aromatic heterocycles. The van der Waals surface area contributed by atoms with Gasteiger partial charge in [-0.2, -0.15) is 0 Å². The average molecular weight is 372 g/mol. The van der Waals surface area contributed by atoms with Gasteiger partial charge in [-0.15, -0.1) is 0 Å². The molecule has 0 amide bonds. The maximum atomic E-state index is 13.4. The molecule has 27 heavy (non-hydrogen) atoms. The molecule has 0 saturated carbocycles. The second-order valence-electron chi connectivity index (χ2n) is 6.13. The number of aromatic nitrogens is 2. The van der Waals surface area contributed by atoms with E-state index in [1.807, 2.05) is 6.92 Å². The number of rotatable bonds is 6. The number of hydrogen-bond acceptors (Lipinski definition) is 4. The standard InChI is InChI=1S/C20H21FN2O4/c1-3-22-16-9-8-14(19(25)27-4-2)11-17(16)23(20(22)26)12-18(24)13-6-5-7-15(21)10-13/h5-11,18,24H,3-4,12H2,1-2H3/t18-/m0/s1. The Balaban J connectivity index is 2.07. The van der Waals surface area contributed by atoms with Crippen LogP contribution in [-0.4, -0.2) is 26.8 Å². The fraction of sp³-hybridized carbons (Fsp3) is 0.300. The van der Waals surface area contributed by atoms with E-state index in [1.54, 1.807) is 35.8 Å². The minimum absolute atomic E-state index is 0.0575. The summed E-state index contributed by atoms with van der Waals surface area (Å²) in [5, 5.41) is 10.5. The predicted octanol–water partition coefficient (Wildman–Crippen LogP) is 2.87. The number of fused-ring (bicyclic) bond motifs is 1. The summed E-state index contributed by atoms with van der Waals surface area (Å²) in [5.74, 6) is -0.937. The molecule has 3 aromatic rings. The first-order valence-electron chi connectivity index (χ1n) is 8.80. The summed E-state index contributed by atoms with van der Waals surface area (Å²) >= 11 is 0. The zero-order valence-electron chi connectivity index (χ0n) is 15.2. The first-order chi connectivity index (χ1) is 13.0. The summed E-state index contributed by atoms with van der Waals surface area (Å²) in [4.78, 5) is 24.8. The number of halogens is 1. The number of nitrogens with zero attached hydrogens (tertiary/aromatic N) is 2. The number of hydrogen-bond donors (Lipinski definition) is 1. The molecule has 0 unspecified atom stereocenters. The lowest BCUT2D eigenvalue weighted by molar-refractivity contribution is 0.0526. The largest absolute Gasteiger partial charge is 0.462 e. The Bertz CT molecular complexity index is 1040. The van der Waals surface area contributed by atoms with E-state index in [9.17, 15) is 19.1 Å². The molecule has 0 aliphatic carbocycles. The van der Waals surface area contributed by atoms with Crippen LogP contribution in [0.4, 0.5) is 4.39 Å². The molecular formula is C20H21FN2O4. The van der Waals surface area contributed by atoms with Gasteiger partial charge in [0.2, 0.25) is 0 Å². The maximum absolute atomic E-state index is 13.4. The van der Waals surface area contributed by atoms with Crippen molar-refractivity contribution in [3.05, 3.63) is 69.9 Å². The van der Waals surface area contributed by atoms with Crippen molar-refractivity contribution in [3.63, 3.8) is 0 Å². The Labute approximate surface area is 155 Å². The van der Waals surface area contributed by atoms with Gasteiger partial charge in [-0.3, -0.25) is 9.13 Å². The molecule has 1 heterocycles. The second kappa shape index (κ2) is 7.75. The number of carbonyl (C=O) groups excluding carboxylic acids is 1. The van der Waals surface area contributed by atoms with Gasteiger partial charge in [-0.05, 0) is 49.7 Å². The van der Waals surface area contributed by atoms with E-state index < -0.39 is 17.9 Å². The van der Waals surface area contributed by atoms with Crippen LogP contribution >= 0.6 is 0 Å². The highest BCUT2D eigenvalue weighted by Gasteiger charge is 2.18. The fourth-order valence-electron chi connectivity index (χ4n) is 3.14. The highest BCUT2D eigenvalue weighted by molar-refractivity contribution is 5.93. The van der Waals surface area contributed by atoms with Gasteiger partial charge in [0.1, 0.15) is 5.82 Å². The van der Waals surface area contributed by atoms with Crippen molar-refractivity contribution in [2.24, 2.45) is 0 Å². The van der Waals surface area contributed by atoms with Gasteiger partial charge in [0.05, 0.1) is 35.9 Å². The Morgan fingerprint density at radius 1 is 1.15 bits per heavy atom. The van der Waals surface area contributed by atoms with Crippen LogP contribution in [-0.2, 0) is 17.8 Å². The number of esters is 1. The predicted molar refractivity (Wildman–Crippen MR) is 99.2 cm³/mol. The van der Waals surface area contributed by atoms with E-state index >= 15 is 0 Å². The van der Waals surface area contributed by atoms with Gasteiger partial charge in [0.25, 0.3) is 0 Å². The van der Waals surface area contributed by atoms with Crippen LogP contribution in [0.5, 0.6) is 0 Å². The SMILES string of the molecule is CCOC(=O)c1ccc2c(c1)n(C[C@H](O)c1cccc(F)c1)c(=O)n2CC. The molecule has 1 atom stereocenters. The molecule has 0 aliphatic heterocycles. The summed E-state index contributed by atoms with van der Waals surface area (Å²) in [6.45, 7) is 4.19. The molecule has 3 rings (SSSR count). The molecule has 6 nitrogen and oxygen atoms in total. The van der Waals surface area contributed by atoms with Crippen LogP contribution < -0.4 is 5.69 Å². The Morgan fingerprint density at radius 2 is 1.93 bits per heavy atom. The molecule has 7 heteroatoms. The van der Waals surface area contributed by atoms with Crippen LogP contribution in [0.2, 0.25) is 0 Å². The molecular weight excluding hydrogens is 351 g/mol. The zero-order chi connectivity index (χ0) is 19.6. The Kier molecular flexibility index (Phi) is 5.41. The number of aliphatic hydroxyl groups excluding tert-OH is 1. The summed E-state index contributed by atoms with van der Waals surface area (Å²) in [5.41, 5.74) is 1.57. The monoisotopic (exact) mass is 372 g/mol. The van der Waals surface area contributed by atoms with Gasteiger partial charge in [0, 0.05) is 6.54 Å². The van der Waals surface area contributed by atoms with Crippen LogP contribution in [0.25, 0.3) is 11.0 Å². The summed E-state index contributed by atoms with van der Waals surface area (Å²) in [6.07, 6.45) is -1.07. The molecule has 142 valence electrons. The van der Waals surface area contributed by atoms with Crippen molar-refractivity contribution in [3.8, 4) is 0 Å². The van der Waals surface area contributed by atoms with Crippen LogP contribution in [0.3, 0.4) is 0 Å². The van der Waals surface area contributed by atoms with E-state index in [0.717, 1.165) is 0 Å². The average Bonchev–Trinajstić information content (AvgIpc) is 2.92. The molecule has 0 bridgehead atoms. The lowest BCUT2D eigenvalue weighted by atomic mass is 10.1. The first-order valence-corrected chi connectivity index (χ1v) is 8.80. The normalized spacial score (nSPS) is 12.3. The third-order valence-electron chi connectivity index (χ3n) is 4.44. The number of carbonyl (C=O) groups is 1.